The highest BCUT2D eigenvalue weighted by Crippen LogP contribution is 2.03. The number of ether oxygens (including phenoxy) is 1. The second-order valence-electron chi connectivity index (χ2n) is 4.00. The van der Waals surface area contributed by atoms with Crippen LogP contribution in [0.15, 0.2) is 30.3 Å². The lowest BCUT2D eigenvalue weighted by Gasteiger charge is -2.18. The van der Waals surface area contributed by atoms with E-state index in [1.807, 2.05) is 30.3 Å². The normalized spacial score (nSPS) is 15.1. The van der Waals surface area contributed by atoms with E-state index < -0.39 is 24.2 Å². The Bertz CT molecular complexity index is 376. The summed E-state index contributed by atoms with van der Waals surface area (Å²) in [5.41, 5.74) is 4.19. The molecule has 0 radical (unpaired) electrons. The fraction of sp³-hybridized carbons (Fsp3) is 0.417. The van der Waals surface area contributed by atoms with Gasteiger partial charge < -0.3 is 38.2 Å². The molecule has 1 aromatic carbocycles. The molecule has 0 aromatic heterocycles. The molecule has 0 amide bonds. The van der Waals surface area contributed by atoms with E-state index in [2.05, 4.69) is 5.73 Å². The molecule has 6 N–H and O–H groups in total. The van der Waals surface area contributed by atoms with Gasteiger partial charge in [-0.05, 0) is 5.56 Å². The third-order valence-corrected chi connectivity index (χ3v) is 2.52. The van der Waals surface area contributed by atoms with Crippen molar-refractivity contribution in [2.24, 2.45) is 0 Å². The summed E-state index contributed by atoms with van der Waals surface area (Å²) in [5, 5.41) is 27.6. The van der Waals surface area contributed by atoms with Gasteiger partial charge in [0.25, 0.3) is 0 Å². The zero-order valence-corrected chi connectivity index (χ0v) is 11.0. The van der Waals surface area contributed by atoms with E-state index in [0.29, 0.717) is 6.61 Å². The summed E-state index contributed by atoms with van der Waals surface area (Å²) in [6.45, 7) is 0.148. The largest absolute Gasteiger partial charge is 1.00 e. The molecule has 1 rings (SSSR count). The van der Waals surface area contributed by atoms with Crippen LogP contribution < -0.4 is 18.1 Å². The second kappa shape index (κ2) is 8.84. The number of hydrogen-bond donors (Lipinski definition) is 4. The molecule has 0 aliphatic heterocycles. The highest BCUT2D eigenvalue weighted by Gasteiger charge is 2.32. The van der Waals surface area contributed by atoms with Crippen LogP contribution in [0.4, 0.5) is 0 Å². The standard InChI is InChI=1S/C12H17NO5.ClH/c13-10(12(16)17)11(15)9(14)7-18-6-8-4-2-1-3-5-8;/h1-5,9-11,14-15H,6-7,13H2,(H,16,17);1H/t9-,10-,11+;/m0./s1. The van der Waals surface area contributed by atoms with Crippen LogP contribution in [0, 0.1) is 0 Å². The zero-order chi connectivity index (χ0) is 13.5. The Balaban J connectivity index is 0.00000324. The minimum absolute atomic E-state index is 0. The fourth-order valence-electron chi connectivity index (χ4n) is 1.38. The van der Waals surface area contributed by atoms with Crippen LogP contribution in [0.3, 0.4) is 0 Å². The van der Waals surface area contributed by atoms with Gasteiger partial charge in [-0.3, -0.25) is 0 Å². The van der Waals surface area contributed by atoms with Gasteiger partial charge in [0, 0.05) is 0 Å². The quantitative estimate of drug-likeness (QED) is 0.405. The zero-order valence-electron chi connectivity index (χ0n) is 10.3. The summed E-state index contributed by atoms with van der Waals surface area (Å²) < 4.78 is 5.20. The minimum atomic E-state index is -1.45. The van der Waals surface area contributed by atoms with E-state index in [4.69, 9.17) is 9.84 Å². The van der Waals surface area contributed by atoms with E-state index in [-0.39, 0.29) is 19.0 Å². The van der Waals surface area contributed by atoms with E-state index in [1.165, 1.54) is 0 Å². The number of rotatable bonds is 7. The van der Waals surface area contributed by atoms with E-state index in [1.54, 1.807) is 0 Å². The number of aliphatic hydroxyl groups excluding tert-OH is 2. The van der Waals surface area contributed by atoms with Crippen molar-refractivity contribution in [2.75, 3.05) is 6.61 Å². The molecule has 0 saturated carbocycles. The first-order valence-electron chi connectivity index (χ1n) is 5.56. The van der Waals surface area contributed by atoms with Crippen molar-refractivity contribution >= 4 is 5.97 Å². The summed E-state index contributed by atoms with van der Waals surface area (Å²) in [7, 11) is 0. The van der Waals surface area contributed by atoms with Gasteiger partial charge in [0.05, 0.1) is 13.2 Å². The fourth-order valence-corrected chi connectivity index (χ4v) is 1.38. The molecule has 0 aliphatic rings. The lowest BCUT2D eigenvalue weighted by Crippen LogP contribution is -3.00. The van der Waals surface area contributed by atoms with Gasteiger partial charge in [0.15, 0.2) is 0 Å². The molecule has 0 heterocycles. The van der Waals surface area contributed by atoms with Crippen LogP contribution in [0.2, 0.25) is 0 Å². The molecule has 7 heteroatoms. The van der Waals surface area contributed by atoms with Crippen LogP contribution in [-0.2, 0) is 16.1 Å². The predicted octanol–water partition coefficient (Wildman–Crippen LogP) is -4.38. The molecule has 0 spiro atoms. The number of carboxylic acid groups (broad SMARTS) is 1. The smallest absolute Gasteiger partial charge is 0.365 e. The average Bonchev–Trinajstić information content (AvgIpc) is 2.38. The van der Waals surface area contributed by atoms with Gasteiger partial charge in [-0.1, -0.05) is 30.3 Å². The Morgan fingerprint density at radius 1 is 1.26 bits per heavy atom. The summed E-state index contributed by atoms with van der Waals surface area (Å²) in [5.74, 6) is -1.26. The van der Waals surface area contributed by atoms with Gasteiger partial charge in [-0.25, -0.2) is 4.79 Å². The molecular weight excluding hydrogens is 274 g/mol. The average molecular weight is 292 g/mol. The van der Waals surface area contributed by atoms with Crippen molar-refractivity contribution in [3.63, 3.8) is 0 Å². The van der Waals surface area contributed by atoms with Crippen LogP contribution in [0.5, 0.6) is 0 Å². The molecule has 0 fully saturated rings. The van der Waals surface area contributed by atoms with Crippen molar-refractivity contribution in [3.05, 3.63) is 35.9 Å². The predicted molar refractivity (Wildman–Crippen MR) is 62.4 cm³/mol. The molecular formula is C12H18ClNO5. The van der Waals surface area contributed by atoms with Gasteiger partial charge >= 0.3 is 5.97 Å². The first-order chi connectivity index (χ1) is 8.52. The summed E-state index contributed by atoms with van der Waals surface area (Å²) in [6.07, 6.45) is -2.72. The van der Waals surface area contributed by atoms with Crippen LogP contribution in [-0.4, -0.2) is 46.1 Å². The molecule has 0 saturated heterocycles. The maximum atomic E-state index is 10.6. The number of benzene rings is 1. The van der Waals surface area contributed by atoms with Crippen molar-refractivity contribution in [3.8, 4) is 0 Å². The first kappa shape index (κ1) is 17.8. The number of quaternary nitrogens is 1. The topological polar surface area (TPSA) is 115 Å². The second-order valence-corrected chi connectivity index (χ2v) is 4.00. The number of halogens is 1. The Hall–Kier alpha value is -1.18. The molecule has 6 nitrogen and oxygen atoms in total. The molecule has 0 aliphatic carbocycles. The summed E-state index contributed by atoms with van der Waals surface area (Å²) >= 11 is 0. The maximum absolute atomic E-state index is 10.6. The minimum Gasteiger partial charge on any atom is -1.00 e. The van der Waals surface area contributed by atoms with Gasteiger partial charge in [0.1, 0.15) is 12.2 Å². The molecule has 0 bridgehead atoms. The van der Waals surface area contributed by atoms with Crippen molar-refractivity contribution in [2.45, 2.75) is 24.9 Å². The number of aliphatic hydroxyl groups is 2. The third kappa shape index (κ3) is 6.00. The molecule has 108 valence electrons. The first-order valence-corrected chi connectivity index (χ1v) is 5.56. The maximum Gasteiger partial charge on any atom is 0.365 e. The Labute approximate surface area is 117 Å². The van der Waals surface area contributed by atoms with Crippen molar-refractivity contribution in [1.29, 1.82) is 0 Å². The number of hydrogen-bond acceptors (Lipinski definition) is 4. The monoisotopic (exact) mass is 291 g/mol. The highest BCUT2D eigenvalue weighted by atomic mass is 35.5. The lowest BCUT2D eigenvalue weighted by atomic mass is 10.1. The van der Waals surface area contributed by atoms with Gasteiger partial charge in [-0.15, -0.1) is 0 Å². The Morgan fingerprint density at radius 3 is 2.37 bits per heavy atom. The number of carbonyl (C=O) groups is 1. The summed E-state index contributed by atoms with van der Waals surface area (Å²) in [4.78, 5) is 10.6. The highest BCUT2D eigenvalue weighted by molar-refractivity contribution is 5.72. The van der Waals surface area contributed by atoms with Gasteiger partial charge in [-0.2, -0.15) is 0 Å². The third-order valence-electron chi connectivity index (χ3n) is 2.52. The van der Waals surface area contributed by atoms with E-state index >= 15 is 0 Å². The Kier molecular flexibility index (Phi) is 8.29. The van der Waals surface area contributed by atoms with E-state index in [9.17, 15) is 15.0 Å². The number of carboxylic acids is 1. The van der Waals surface area contributed by atoms with Gasteiger partial charge in [0.2, 0.25) is 6.04 Å². The van der Waals surface area contributed by atoms with E-state index in [0.717, 1.165) is 5.56 Å². The number of aliphatic carboxylic acids is 1. The molecule has 1 aromatic rings. The van der Waals surface area contributed by atoms with Crippen LogP contribution in [0.25, 0.3) is 0 Å². The van der Waals surface area contributed by atoms with Crippen molar-refractivity contribution < 1.29 is 43.0 Å². The Morgan fingerprint density at radius 2 is 1.84 bits per heavy atom. The van der Waals surface area contributed by atoms with Crippen LogP contribution in [0.1, 0.15) is 5.56 Å². The molecule has 3 atom stereocenters. The SMILES string of the molecule is [Cl-].[NH3+][C@H](C(=O)O)[C@H](O)[C@@H](O)COCc1ccccc1. The van der Waals surface area contributed by atoms with Crippen molar-refractivity contribution in [1.82, 2.24) is 0 Å². The molecule has 0 unspecified atom stereocenters. The summed E-state index contributed by atoms with van der Waals surface area (Å²) in [6, 6.07) is 8.05. The van der Waals surface area contributed by atoms with Crippen LogP contribution >= 0.6 is 0 Å². The molecule has 19 heavy (non-hydrogen) atoms. The lowest BCUT2D eigenvalue weighted by molar-refractivity contribution is -0.429.